The zero-order chi connectivity index (χ0) is 12.1. The Kier molecular flexibility index (Phi) is 11.7. The molecule has 0 aromatic heterocycles. The monoisotopic (exact) mass is 220 g/mol. The summed E-state index contributed by atoms with van der Waals surface area (Å²) < 4.78 is 0. The molecule has 0 aromatic carbocycles. The maximum absolute atomic E-state index is 3.75. The Labute approximate surface area is 102 Å². The van der Waals surface area contributed by atoms with Crippen LogP contribution < -0.4 is 0 Å². The van der Waals surface area contributed by atoms with Crippen molar-refractivity contribution in [3.05, 3.63) is 36.5 Å². The standard InChI is InChI=1S/C16H28/c1-4-7-8-9-10-11-12-15-16(13-5-2)14-6-3/h5-6,13-14H,2,4,7-12,15H2,1,3H3/b14-6-,16-13+. The van der Waals surface area contributed by atoms with Crippen molar-refractivity contribution < 1.29 is 0 Å². The minimum atomic E-state index is 1.20. The van der Waals surface area contributed by atoms with Crippen molar-refractivity contribution in [3.8, 4) is 0 Å². The van der Waals surface area contributed by atoms with Crippen molar-refractivity contribution in [1.29, 1.82) is 0 Å². The van der Waals surface area contributed by atoms with Crippen LogP contribution in [-0.4, -0.2) is 0 Å². The molecule has 16 heavy (non-hydrogen) atoms. The smallest absolute Gasteiger partial charge is 0.0279 e. The van der Waals surface area contributed by atoms with Gasteiger partial charge >= 0.3 is 0 Å². The first-order valence-corrected chi connectivity index (χ1v) is 6.79. The first-order valence-electron chi connectivity index (χ1n) is 6.79. The lowest BCUT2D eigenvalue weighted by atomic mass is 10.0. The second-order valence-corrected chi connectivity index (χ2v) is 4.35. The van der Waals surface area contributed by atoms with Gasteiger partial charge in [-0.25, -0.2) is 0 Å². The van der Waals surface area contributed by atoms with Crippen LogP contribution in [0.2, 0.25) is 0 Å². The Hall–Kier alpha value is -0.780. The van der Waals surface area contributed by atoms with Crippen LogP contribution in [0.25, 0.3) is 0 Å². The lowest BCUT2D eigenvalue weighted by Crippen LogP contribution is -1.82. The summed E-state index contributed by atoms with van der Waals surface area (Å²) in [6.45, 7) is 8.09. The highest BCUT2D eigenvalue weighted by Crippen LogP contribution is 2.13. The number of hydrogen-bond donors (Lipinski definition) is 0. The summed E-state index contributed by atoms with van der Waals surface area (Å²) in [5.41, 5.74) is 1.41. The number of allylic oxidation sites excluding steroid dienone is 5. The highest BCUT2D eigenvalue weighted by molar-refractivity contribution is 5.22. The molecule has 0 N–H and O–H groups in total. The van der Waals surface area contributed by atoms with Crippen LogP contribution in [0.15, 0.2) is 36.5 Å². The van der Waals surface area contributed by atoms with Crippen molar-refractivity contribution in [1.82, 2.24) is 0 Å². The second-order valence-electron chi connectivity index (χ2n) is 4.35. The first-order chi connectivity index (χ1) is 7.85. The Morgan fingerprint density at radius 1 is 1.00 bits per heavy atom. The van der Waals surface area contributed by atoms with Gasteiger partial charge in [0.2, 0.25) is 0 Å². The molecule has 0 atom stereocenters. The number of hydrogen-bond acceptors (Lipinski definition) is 0. The molecule has 0 aliphatic carbocycles. The summed E-state index contributed by atoms with van der Waals surface area (Å²) in [4.78, 5) is 0. The normalized spacial score (nSPS) is 12.2. The highest BCUT2D eigenvalue weighted by Gasteiger charge is 1.93. The highest BCUT2D eigenvalue weighted by atomic mass is 14.0. The average molecular weight is 220 g/mol. The van der Waals surface area contributed by atoms with Gasteiger partial charge in [-0.1, -0.05) is 76.3 Å². The molecular formula is C16H28. The molecule has 0 aliphatic heterocycles. The number of rotatable bonds is 10. The van der Waals surface area contributed by atoms with Crippen molar-refractivity contribution in [3.63, 3.8) is 0 Å². The van der Waals surface area contributed by atoms with E-state index in [0.29, 0.717) is 0 Å². The Morgan fingerprint density at radius 2 is 1.62 bits per heavy atom. The van der Waals surface area contributed by atoms with Crippen molar-refractivity contribution in [2.45, 2.75) is 65.2 Å². The Balaban J connectivity index is 3.48. The molecule has 0 saturated heterocycles. The third-order valence-electron chi connectivity index (χ3n) is 2.78. The molecule has 0 spiro atoms. The van der Waals surface area contributed by atoms with Gasteiger partial charge in [0.25, 0.3) is 0 Å². The molecule has 0 radical (unpaired) electrons. The van der Waals surface area contributed by atoms with Crippen LogP contribution in [0.5, 0.6) is 0 Å². The SMILES string of the molecule is C=C/C=C(\C=C/C)CCCCCCCCC. The predicted octanol–water partition coefficient (Wildman–Crippen LogP) is 5.82. The molecule has 0 amide bonds. The lowest BCUT2D eigenvalue weighted by molar-refractivity contribution is 0.590. The number of unbranched alkanes of at least 4 members (excludes halogenated alkanes) is 6. The minimum absolute atomic E-state index is 1.20. The van der Waals surface area contributed by atoms with Gasteiger partial charge in [-0.2, -0.15) is 0 Å². The van der Waals surface area contributed by atoms with Crippen molar-refractivity contribution in [2.75, 3.05) is 0 Å². The van der Waals surface area contributed by atoms with Crippen LogP contribution in [0.3, 0.4) is 0 Å². The topological polar surface area (TPSA) is 0 Å². The van der Waals surface area contributed by atoms with E-state index in [4.69, 9.17) is 0 Å². The first kappa shape index (κ1) is 15.2. The maximum Gasteiger partial charge on any atom is -0.0279 e. The van der Waals surface area contributed by atoms with Crippen LogP contribution >= 0.6 is 0 Å². The molecular weight excluding hydrogens is 192 g/mol. The lowest BCUT2D eigenvalue weighted by Gasteiger charge is -2.02. The summed E-state index contributed by atoms with van der Waals surface area (Å²) in [5.74, 6) is 0. The van der Waals surface area contributed by atoms with Gasteiger partial charge < -0.3 is 0 Å². The molecule has 92 valence electrons. The molecule has 0 heteroatoms. The minimum Gasteiger partial charge on any atom is -0.0991 e. The van der Waals surface area contributed by atoms with E-state index in [1.54, 1.807) is 0 Å². The quantitative estimate of drug-likeness (QED) is 0.321. The van der Waals surface area contributed by atoms with Gasteiger partial charge in [0, 0.05) is 0 Å². The predicted molar refractivity (Wildman–Crippen MR) is 75.7 cm³/mol. The summed E-state index contributed by atoms with van der Waals surface area (Å²) in [6.07, 6.45) is 19.2. The zero-order valence-electron chi connectivity index (χ0n) is 11.2. The maximum atomic E-state index is 3.75. The van der Waals surface area contributed by atoms with Crippen LogP contribution in [0.4, 0.5) is 0 Å². The van der Waals surface area contributed by atoms with E-state index in [0.717, 1.165) is 0 Å². The summed E-state index contributed by atoms with van der Waals surface area (Å²) >= 11 is 0. The van der Waals surface area contributed by atoms with Crippen LogP contribution in [0, 0.1) is 0 Å². The van der Waals surface area contributed by atoms with E-state index in [-0.39, 0.29) is 0 Å². The van der Waals surface area contributed by atoms with E-state index in [2.05, 4.69) is 38.7 Å². The summed E-state index contributed by atoms with van der Waals surface area (Å²) in [6, 6.07) is 0. The molecule has 0 unspecified atom stereocenters. The fourth-order valence-corrected chi connectivity index (χ4v) is 1.87. The van der Waals surface area contributed by atoms with E-state index in [1.165, 1.54) is 56.9 Å². The fourth-order valence-electron chi connectivity index (χ4n) is 1.87. The van der Waals surface area contributed by atoms with E-state index >= 15 is 0 Å². The second kappa shape index (κ2) is 12.3. The molecule has 0 fully saturated rings. The molecule has 0 bridgehead atoms. The van der Waals surface area contributed by atoms with Gasteiger partial charge in [-0.3, -0.25) is 0 Å². The third-order valence-corrected chi connectivity index (χ3v) is 2.78. The van der Waals surface area contributed by atoms with Crippen molar-refractivity contribution >= 4 is 0 Å². The van der Waals surface area contributed by atoms with E-state index in [9.17, 15) is 0 Å². The fraction of sp³-hybridized carbons (Fsp3) is 0.625. The zero-order valence-corrected chi connectivity index (χ0v) is 11.2. The Morgan fingerprint density at radius 3 is 2.19 bits per heavy atom. The van der Waals surface area contributed by atoms with Crippen molar-refractivity contribution in [2.24, 2.45) is 0 Å². The average Bonchev–Trinajstić information content (AvgIpc) is 2.28. The van der Waals surface area contributed by atoms with Gasteiger partial charge in [0.05, 0.1) is 0 Å². The van der Waals surface area contributed by atoms with Gasteiger partial charge in [0.1, 0.15) is 0 Å². The molecule has 0 aromatic rings. The van der Waals surface area contributed by atoms with Gasteiger partial charge in [-0.05, 0) is 25.3 Å². The van der Waals surface area contributed by atoms with Crippen LogP contribution in [-0.2, 0) is 0 Å². The van der Waals surface area contributed by atoms with Crippen LogP contribution in [0.1, 0.15) is 65.2 Å². The van der Waals surface area contributed by atoms with E-state index < -0.39 is 0 Å². The molecule has 0 rings (SSSR count). The summed E-state index contributed by atoms with van der Waals surface area (Å²) in [7, 11) is 0. The molecule has 0 saturated carbocycles. The largest absolute Gasteiger partial charge is 0.0991 e. The molecule has 0 aliphatic rings. The molecule has 0 nitrogen and oxygen atoms in total. The van der Waals surface area contributed by atoms with Gasteiger partial charge in [0.15, 0.2) is 0 Å². The molecule has 0 heterocycles. The third kappa shape index (κ3) is 9.76. The summed E-state index contributed by atoms with van der Waals surface area (Å²) in [5, 5.41) is 0. The Bertz CT molecular complexity index is 208. The van der Waals surface area contributed by atoms with E-state index in [1.807, 2.05) is 6.08 Å². The van der Waals surface area contributed by atoms with Gasteiger partial charge in [-0.15, -0.1) is 0 Å².